The number of rotatable bonds is 4. The third-order valence-corrected chi connectivity index (χ3v) is 9.14. The Kier molecular flexibility index (Phi) is 5.83. The van der Waals surface area contributed by atoms with Gasteiger partial charge < -0.3 is 10.2 Å². The Bertz CT molecular complexity index is 761. The number of hydrogen-bond donors (Lipinski definition) is 1. The number of likely N-dealkylation sites (tertiary alicyclic amines) is 1. The predicted molar refractivity (Wildman–Crippen MR) is 103 cm³/mol. The Hall–Kier alpha value is -0.870. The van der Waals surface area contributed by atoms with Crippen LogP contribution in [0.25, 0.3) is 0 Å². The summed E-state index contributed by atoms with van der Waals surface area (Å²) in [6.45, 7) is 5.83. The van der Waals surface area contributed by atoms with E-state index in [1.54, 1.807) is 23.5 Å². The molecule has 26 heavy (non-hydrogen) atoms. The molecule has 7 nitrogen and oxygen atoms in total. The molecule has 2 aliphatic rings. The van der Waals surface area contributed by atoms with Crippen LogP contribution in [0.3, 0.4) is 0 Å². The molecule has 1 atom stereocenters. The highest BCUT2D eigenvalue weighted by Crippen LogP contribution is 2.34. The van der Waals surface area contributed by atoms with Gasteiger partial charge in [0, 0.05) is 51.9 Å². The summed E-state index contributed by atoms with van der Waals surface area (Å²) in [6.07, 6.45) is 1.86. The lowest BCUT2D eigenvalue weighted by atomic mass is 9.92. The molecule has 0 saturated carbocycles. The van der Waals surface area contributed by atoms with Gasteiger partial charge in [0.15, 0.2) is 0 Å². The molecule has 10 heteroatoms. The van der Waals surface area contributed by atoms with Gasteiger partial charge in [0.1, 0.15) is 4.21 Å². The number of hydrogen-bond acceptors (Lipinski definition) is 5. The fourth-order valence-corrected chi connectivity index (χ4v) is 6.98. The number of carbonyl (C=O) groups is 1. The average molecular weight is 421 g/mol. The first-order valence-corrected chi connectivity index (χ1v) is 11.4. The molecule has 0 aromatic carbocycles. The monoisotopic (exact) mass is 420 g/mol. The van der Waals surface area contributed by atoms with Gasteiger partial charge in [-0.2, -0.15) is 4.31 Å². The maximum atomic E-state index is 12.8. The van der Waals surface area contributed by atoms with E-state index in [0.29, 0.717) is 41.3 Å². The number of halogens is 1. The number of amides is 2. The summed E-state index contributed by atoms with van der Waals surface area (Å²) in [7, 11) is -1.83. The molecule has 3 rings (SSSR count). The standard InChI is InChI=1S/C16H25ClN4O3S2/c1-3-16(6-7-19(12-16)15(22)18-2)20-8-10-21(11-9-20)26(23,24)14-5-4-13(17)25-14/h4-5H,3,6-12H2,1-2H3,(H,18,22)/t16-/m0/s1. The maximum absolute atomic E-state index is 12.8. The number of thiophene rings is 1. The van der Waals surface area contributed by atoms with Crippen molar-refractivity contribution in [1.82, 2.24) is 19.4 Å². The number of carbonyl (C=O) groups excluding carboxylic acids is 1. The van der Waals surface area contributed by atoms with Gasteiger partial charge in [-0.1, -0.05) is 18.5 Å². The van der Waals surface area contributed by atoms with Crippen molar-refractivity contribution in [1.29, 1.82) is 0 Å². The molecule has 3 heterocycles. The Morgan fingerprint density at radius 3 is 2.50 bits per heavy atom. The third-order valence-electron chi connectivity index (χ3n) is 5.54. The zero-order chi connectivity index (χ0) is 18.9. The molecule has 2 saturated heterocycles. The van der Waals surface area contributed by atoms with Crippen molar-refractivity contribution < 1.29 is 13.2 Å². The van der Waals surface area contributed by atoms with Crippen molar-refractivity contribution in [2.75, 3.05) is 46.3 Å². The second-order valence-corrected chi connectivity index (χ2v) is 10.6. The summed E-state index contributed by atoms with van der Waals surface area (Å²) in [6, 6.07) is 3.14. The second-order valence-electron chi connectivity index (χ2n) is 6.75. The van der Waals surface area contributed by atoms with Crippen LogP contribution in [0.1, 0.15) is 19.8 Å². The molecule has 1 aromatic heterocycles. The molecule has 2 aliphatic heterocycles. The first-order chi connectivity index (χ1) is 12.3. The van der Waals surface area contributed by atoms with Crippen LogP contribution in [0, 0.1) is 0 Å². The SMILES string of the molecule is CC[C@]1(N2CCN(S(=O)(=O)c3ccc(Cl)s3)CC2)CCN(C(=O)NC)C1. The summed E-state index contributed by atoms with van der Waals surface area (Å²) in [5, 5.41) is 2.69. The summed E-state index contributed by atoms with van der Waals surface area (Å²) < 4.78 is 27.8. The molecule has 0 unspecified atom stereocenters. The fraction of sp³-hybridized carbons (Fsp3) is 0.688. The van der Waals surface area contributed by atoms with Crippen molar-refractivity contribution in [2.24, 2.45) is 0 Å². The van der Waals surface area contributed by atoms with Crippen molar-refractivity contribution in [3.8, 4) is 0 Å². The van der Waals surface area contributed by atoms with Crippen LogP contribution >= 0.6 is 22.9 Å². The fourth-order valence-electron chi connectivity index (χ4n) is 3.92. The highest BCUT2D eigenvalue weighted by molar-refractivity contribution is 7.91. The minimum atomic E-state index is -3.48. The predicted octanol–water partition coefficient (Wildman–Crippen LogP) is 1.90. The molecule has 0 radical (unpaired) electrons. The third kappa shape index (κ3) is 3.60. The van der Waals surface area contributed by atoms with E-state index >= 15 is 0 Å². The Morgan fingerprint density at radius 1 is 1.27 bits per heavy atom. The minimum Gasteiger partial charge on any atom is -0.341 e. The van der Waals surface area contributed by atoms with Gasteiger partial charge >= 0.3 is 6.03 Å². The topological polar surface area (TPSA) is 73.0 Å². The molecule has 2 amide bonds. The van der Waals surface area contributed by atoms with Crippen LogP contribution < -0.4 is 5.32 Å². The summed E-state index contributed by atoms with van der Waals surface area (Å²) in [5.41, 5.74) is -0.0609. The van der Waals surface area contributed by atoms with Crippen LogP contribution in [-0.2, 0) is 10.0 Å². The molecule has 0 bridgehead atoms. The van der Waals surface area contributed by atoms with E-state index in [2.05, 4.69) is 17.1 Å². The smallest absolute Gasteiger partial charge is 0.317 e. The van der Waals surface area contributed by atoms with Crippen molar-refractivity contribution in [3.63, 3.8) is 0 Å². The van der Waals surface area contributed by atoms with E-state index in [4.69, 9.17) is 11.6 Å². The van der Waals surface area contributed by atoms with Gasteiger partial charge in [0.05, 0.1) is 4.34 Å². The maximum Gasteiger partial charge on any atom is 0.317 e. The quantitative estimate of drug-likeness (QED) is 0.807. The van der Waals surface area contributed by atoms with Gasteiger partial charge in [-0.15, -0.1) is 11.3 Å². The first kappa shape index (κ1) is 19.9. The number of nitrogens with zero attached hydrogens (tertiary/aromatic N) is 3. The normalized spacial score (nSPS) is 25.6. The highest BCUT2D eigenvalue weighted by atomic mass is 35.5. The lowest BCUT2D eigenvalue weighted by molar-refractivity contribution is 0.0575. The summed E-state index contributed by atoms with van der Waals surface area (Å²) in [5.74, 6) is 0. The van der Waals surface area contributed by atoms with Gasteiger partial charge in [-0.05, 0) is 25.0 Å². The molecular weight excluding hydrogens is 396 g/mol. The van der Waals surface area contributed by atoms with Crippen molar-refractivity contribution in [2.45, 2.75) is 29.5 Å². The highest BCUT2D eigenvalue weighted by Gasteiger charge is 2.44. The molecule has 146 valence electrons. The second kappa shape index (κ2) is 7.63. The number of urea groups is 1. The molecular formula is C16H25ClN4O3S2. The van der Waals surface area contributed by atoms with Gasteiger partial charge in [0.2, 0.25) is 0 Å². The summed E-state index contributed by atoms with van der Waals surface area (Å²) in [4.78, 5) is 16.2. The van der Waals surface area contributed by atoms with Crippen LogP contribution in [0.5, 0.6) is 0 Å². The van der Waals surface area contributed by atoms with Crippen LogP contribution in [0.15, 0.2) is 16.3 Å². The molecule has 1 aromatic rings. The van der Waals surface area contributed by atoms with Gasteiger partial charge in [-0.25, -0.2) is 13.2 Å². The number of piperazine rings is 1. The number of nitrogens with one attached hydrogen (secondary N) is 1. The number of sulfonamides is 1. The molecule has 2 fully saturated rings. The van der Waals surface area contributed by atoms with E-state index < -0.39 is 10.0 Å². The van der Waals surface area contributed by atoms with E-state index in [1.807, 2.05) is 4.90 Å². The Balaban J connectivity index is 1.67. The molecule has 1 N–H and O–H groups in total. The van der Waals surface area contributed by atoms with E-state index in [-0.39, 0.29) is 11.6 Å². The van der Waals surface area contributed by atoms with E-state index in [1.165, 1.54) is 0 Å². The van der Waals surface area contributed by atoms with E-state index in [9.17, 15) is 13.2 Å². The molecule has 0 aliphatic carbocycles. The van der Waals surface area contributed by atoms with Gasteiger partial charge in [-0.3, -0.25) is 4.90 Å². The Morgan fingerprint density at radius 2 is 1.96 bits per heavy atom. The van der Waals surface area contributed by atoms with Crippen molar-refractivity contribution >= 4 is 39.0 Å². The first-order valence-electron chi connectivity index (χ1n) is 8.79. The molecule has 0 spiro atoms. The average Bonchev–Trinajstić information content (AvgIpc) is 3.29. The zero-order valence-corrected chi connectivity index (χ0v) is 17.5. The van der Waals surface area contributed by atoms with Crippen LogP contribution in [0.2, 0.25) is 4.34 Å². The summed E-state index contributed by atoms with van der Waals surface area (Å²) >= 11 is 6.99. The van der Waals surface area contributed by atoms with Crippen molar-refractivity contribution in [3.05, 3.63) is 16.5 Å². The van der Waals surface area contributed by atoms with Crippen LogP contribution in [0.4, 0.5) is 4.79 Å². The zero-order valence-electron chi connectivity index (χ0n) is 15.1. The van der Waals surface area contributed by atoms with Crippen LogP contribution in [-0.4, -0.2) is 80.4 Å². The largest absolute Gasteiger partial charge is 0.341 e. The van der Waals surface area contributed by atoms with Gasteiger partial charge in [0.25, 0.3) is 10.0 Å². The lowest BCUT2D eigenvalue weighted by Crippen LogP contribution is -2.59. The minimum absolute atomic E-state index is 0.0453. The lowest BCUT2D eigenvalue weighted by Gasteiger charge is -2.45. The van der Waals surface area contributed by atoms with E-state index in [0.717, 1.165) is 30.7 Å². The Labute approximate surface area is 163 Å².